The summed E-state index contributed by atoms with van der Waals surface area (Å²) in [6.07, 6.45) is -6.46. The van der Waals surface area contributed by atoms with Crippen LogP contribution >= 0.6 is 0 Å². The second-order valence-electron chi connectivity index (χ2n) is 3.77. The Bertz CT molecular complexity index is 460. The SMILES string of the molecule is CCOC(=O)c1cc(OC(C)C(F)(F)F)ccc1N. The van der Waals surface area contributed by atoms with Gasteiger partial charge in [0, 0.05) is 5.69 Å². The molecule has 0 radical (unpaired) electrons. The molecule has 19 heavy (non-hydrogen) atoms. The number of hydrogen-bond acceptors (Lipinski definition) is 4. The van der Waals surface area contributed by atoms with Crippen LogP contribution in [0.25, 0.3) is 0 Å². The summed E-state index contributed by atoms with van der Waals surface area (Å²) in [7, 11) is 0. The number of nitrogens with two attached hydrogens (primary N) is 1. The van der Waals surface area contributed by atoms with E-state index >= 15 is 0 Å². The van der Waals surface area contributed by atoms with Crippen LogP contribution in [0.3, 0.4) is 0 Å². The molecule has 0 aliphatic heterocycles. The number of hydrogen-bond donors (Lipinski definition) is 1. The zero-order valence-corrected chi connectivity index (χ0v) is 10.5. The largest absolute Gasteiger partial charge is 0.481 e. The van der Waals surface area contributed by atoms with Crippen molar-refractivity contribution in [3.8, 4) is 5.75 Å². The van der Waals surface area contributed by atoms with E-state index in [-0.39, 0.29) is 23.6 Å². The van der Waals surface area contributed by atoms with Gasteiger partial charge in [0.1, 0.15) is 5.75 Å². The first-order valence-electron chi connectivity index (χ1n) is 5.55. The van der Waals surface area contributed by atoms with Crippen LogP contribution in [0, 0.1) is 0 Å². The normalized spacial score (nSPS) is 12.9. The second kappa shape index (κ2) is 5.81. The third-order valence-corrected chi connectivity index (χ3v) is 2.29. The molecule has 1 unspecified atom stereocenters. The summed E-state index contributed by atoms with van der Waals surface area (Å²) in [5, 5.41) is 0. The Kier molecular flexibility index (Phi) is 4.63. The molecule has 1 rings (SSSR count). The smallest absolute Gasteiger partial charge is 0.425 e. The molecule has 0 aliphatic carbocycles. The van der Waals surface area contributed by atoms with Crippen LogP contribution in [0.1, 0.15) is 24.2 Å². The van der Waals surface area contributed by atoms with Crippen molar-refractivity contribution in [1.29, 1.82) is 0 Å². The second-order valence-corrected chi connectivity index (χ2v) is 3.77. The Hall–Kier alpha value is -1.92. The van der Waals surface area contributed by atoms with E-state index in [4.69, 9.17) is 15.2 Å². The summed E-state index contributed by atoms with van der Waals surface area (Å²) in [5.74, 6) is -0.799. The van der Waals surface area contributed by atoms with E-state index in [1.54, 1.807) is 6.92 Å². The van der Waals surface area contributed by atoms with Crippen molar-refractivity contribution in [2.75, 3.05) is 12.3 Å². The summed E-state index contributed by atoms with van der Waals surface area (Å²) in [6, 6.07) is 3.69. The molecular weight excluding hydrogens is 263 g/mol. The molecule has 1 aromatic carbocycles. The molecule has 0 aromatic heterocycles. The predicted octanol–water partition coefficient (Wildman–Crippen LogP) is 2.78. The molecule has 0 amide bonds. The van der Waals surface area contributed by atoms with E-state index in [2.05, 4.69) is 0 Å². The minimum Gasteiger partial charge on any atom is -0.481 e. The number of carbonyl (C=O) groups excluding carboxylic acids is 1. The third kappa shape index (κ3) is 4.04. The predicted molar refractivity (Wildman–Crippen MR) is 63.0 cm³/mol. The van der Waals surface area contributed by atoms with E-state index in [0.29, 0.717) is 0 Å². The number of esters is 1. The average Bonchev–Trinajstić information content (AvgIpc) is 2.30. The summed E-state index contributed by atoms with van der Waals surface area (Å²) in [4.78, 5) is 11.5. The molecule has 0 aliphatic rings. The van der Waals surface area contributed by atoms with Gasteiger partial charge in [-0.2, -0.15) is 13.2 Å². The number of carbonyl (C=O) groups is 1. The Morgan fingerprint density at radius 3 is 2.58 bits per heavy atom. The van der Waals surface area contributed by atoms with Crippen LogP contribution in [0.5, 0.6) is 5.75 Å². The number of ether oxygens (including phenoxy) is 2. The van der Waals surface area contributed by atoms with Gasteiger partial charge in [-0.15, -0.1) is 0 Å². The lowest BCUT2D eigenvalue weighted by molar-refractivity contribution is -0.189. The van der Waals surface area contributed by atoms with Gasteiger partial charge in [-0.3, -0.25) is 0 Å². The first kappa shape index (κ1) is 15.1. The third-order valence-electron chi connectivity index (χ3n) is 2.29. The fourth-order valence-corrected chi connectivity index (χ4v) is 1.27. The van der Waals surface area contributed by atoms with Crippen LogP contribution < -0.4 is 10.5 Å². The maximum absolute atomic E-state index is 12.4. The zero-order valence-electron chi connectivity index (χ0n) is 10.5. The summed E-state index contributed by atoms with van der Waals surface area (Å²) < 4.78 is 46.5. The molecule has 0 spiro atoms. The molecule has 0 saturated carbocycles. The van der Waals surface area contributed by atoms with E-state index < -0.39 is 18.2 Å². The molecule has 7 heteroatoms. The van der Waals surface area contributed by atoms with Crippen molar-refractivity contribution in [1.82, 2.24) is 0 Å². The summed E-state index contributed by atoms with van der Waals surface area (Å²) in [6.45, 7) is 2.63. The summed E-state index contributed by atoms with van der Waals surface area (Å²) in [5.41, 5.74) is 5.66. The Labute approximate surface area is 108 Å². The van der Waals surface area contributed by atoms with Crippen molar-refractivity contribution in [3.05, 3.63) is 23.8 Å². The zero-order chi connectivity index (χ0) is 14.6. The van der Waals surface area contributed by atoms with Crippen LogP contribution in [-0.4, -0.2) is 24.9 Å². The Morgan fingerprint density at radius 2 is 2.05 bits per heavy atom. The quantitative estimate of drug-likeness (QED) is 0.679. The highest BCUT2D eigenvalue weighted by atomic mass is 19.4. The fourth-order valence-electron chi connectivity index (χ4n) is 1.27. The van der Waals surface area contributed by atoms with Crippen LogP contribution in [-0.2, 0) is 4.74 Å². The number of alkyl halides is 3. The highest BCUT2D eigenvalue weighted by molar-refractivity contribution is 5.95. The van der Waals surface area contributed by atoms with Crippen LogP contribution in [0.15, 0.2) is 18.2 Å². The van der Waals surface area contributed by atoms with E-state index in [9.17, 15) is 18.0 Å². The van der Waals surface area contributed by atoms with E-state index in [0.717, 1.165) is 13.0 Å². The van der Waals surface area contributed by atoms with Crippen LogP contribution in [0.4, 0.5) is 18.9 Å². The van der Waals surface area contributed by atoms with Gasteiger partial charge in [-0.25, -0.2) is 4.79 Å². The summed E-state index contributed by atoms with van der Waals surface area (Å²) >= 11 is 0. The maximum atomic E-state index is 12.4. The van der Waals surface area contributed by atoms with Gasteiger partial charge in [-0.05, 0) is 32.0 Å². The monoisotopic (exact) mass is 277 g/mol. The molecule has 1 atom stereocenters. The molecule has 0 fully saturated rings. The lowest BCUT2D eigenvalue weighted by Gasteiger charge is -2.18. The molecule has 0 saturated heterocycles. The van der Waals surface area contributed by atoms with Crippen molar-refractivity contribution in [2.45, 2.75) is 26.1 Å². The van der Waals surface area contributed by atoms with E-state index in [1.807, 2.05) is 0 Å². The number of benzene rings is 1. The van der Waals surface area contributed by atoms with Gasteiger partial charge >= 0.3 is 12.1 Å². The van der Waals surface area contributed by atoms with Gasteiger partial charge in [0.15, 0.2) is 6.10 Å². The molecular formula is C12H14F3NO3. The molecule has 0 heterocycles. The van der Waals surface area contributed by atoms with Crippen molar-refractivity contribution in [2.24, 2.45) is 0 Å². The van der Waals surface area contributed by atoms with Crippen molar-refractivity contribution in [3.63, 3.8) is 0 Å². The standard InChI is InChI=1S/C12H14F3NO3/c1-3-18-11(17)9-6-8(4-5-10(9)16)19-7(2)12(13,14)15/h4-7H,3,16H2,1-2H3. The van der Waals surface area contributed by atoms with Gasteiger partial charge in [0.2, 0.25) is 0 Å². The number of nitrogen functional groups attached to an aromatic ring is 1. The highest BCUT2D eigenvalue weighted by Gasteiger charge is 2.38. The maximum Gasteiger partial charge on any atom is 0.425 e. The Morgan fingerprint density at radius 1 is 1.42 bits per heavy atom. The topological polar surface area (TPSA) is 61.5 Å². The average molecular weight is 277 g/mol. The Balaban J connectivity index is 2.93. The van der Waals surface area contributed by atoms with Gasteiger partial charge < -0.3 is 15.2 Å². The minimum atomic E-state index is -4.48. The number of anilines is 1. The van der Waals surface area contributed by atoms with Gasteiger partial charge in [0.25, 0.3) is 0 Å². The fraction of sp³-hybridized carbons (Fsp3) is 0.417. The van der Waals surface area contributed by atoms with Crippen LogP contribution in [0.2, 0.25) is 0 Å². The number of rotatable bonds is 4. The molecule has 4 nitrogen and oxygen atoms in total. The first-order valence-corrected chi connectivity index (χ1v) is 5.55. The molecule has 0 bridgehead atoms. The first-order chi connectivity index (χ1) is 8.75. The molecule has 106 valence electrons. The van der Waals surface area contributed by atoms with Crippen molar-refractivity contribution >= 4 is 11.7 Å². The lowest BCUT2D eigenvalue weighted by atomic mass is 10.1. The van der Waals surface area contributed by atoms with Gasteiger partial charge in [-0.1, -0.05) is 0 Å². The number of halogens is 3. The van der Waals surface area contributed by atoms with Gasteiger partial charge in [0.05, 0.1) is 12.2 Å². The molecule has 2 N–H and O–H groups in total. The minimum absolute atomic E-state index is 0.0197. The van der Waals surface area contributed by atoms with Crippen molar-refractivity contribution < 1.29 is 27.4 Å². The lowest BCUT2D eigenvalue weighted by Crippen LogP contribution is -2.31. The van der Waals surface area contributed by atoms with E-state index in [1.165, 1.54) is 12.1 Å². The molecule has 1 aromatic rings. The highest BCUT2D eigenvalue weighted by Crippen LogP contribution is 2.27.